The standard InChI is InChI=1S/C17H18Cl2N4O2/c1-10-20-15(22-14-3-2-12(18)8-13(14)19)9-16(21-10)23-6-4-11(5-7-23)17(24)25/h2-3,8-9,11H,4-7H2,1H3,(H,24,25)(H,20,21,22). The molecule has 0 radical (unpaired) electrons. The van der Waals surface area contributed by atoms with Crippen LogP contribution in [-0.4, -0.2) is 34.1 Å². The summed E-state index contributed by atoms with van der Waals surface area (Å²) in [6.07, 6.45) is 1.23. The molecule has 1 saturated heterocycles. The lowest BCUT2D eigenvalue weighted by Crippen LogP contribution is -2.36. The fourth-order valence-electron chi connectivity index (χ4n) is 2.86. The van der Waals surface area contributed by atoms with Gasteiger partial charge in [0.25, 0.3) is 0 Å². The first-order chi connectivity index (χ1) is 11.9. The van der Waals surface area contributed by atoms with Crippen molar-refractivity contribution in [3.05, 3.63) is 40.1 Å². The Hall–Kier alpha value is -2.05. The number of piperidine rings is 1. The van der Waals surface area contributed by atoms with E-state index in [4.69, 9.17) is 28.3 Å². The van der Waals surface area contributed by atoms with Gasteiger partial charge in [-0.15, -0.1) is 0 Å². The van der Waals surface area contributed by atoms with E-state index in [0.717, 1.165) is 5.82 Å². The molecule has 0 saturated carbocycles. The molecule has 3 rings (SSSR count). The van der Waals surface area contributed by atoms with Crippen LogP contribution < -0.4 is 10.2 Å². The predicted molar refractivity (Wildman–Crippen MR) is 99.1 cm³/mol. The molecule has 0 bridgehead atoms. The van der Waals surface area contributed by atoms with Gasteiger partial charge in [0.05, 0.1) is 16.6 Å². The molecule has 0 unspecified atom stereocenters. The summed E-state index contributed by atoms with van der Waals surface area (Å²) < 4.78 is 0. The number of carbonyl (C=O) groups is 1. The molecule has 1 aromatic heterocycles. The number of anilines is 3. The van der Waals surface area contributed by atoms with Gasteiger partial charge in [0.1, 0.15) is 17.5 Å². The smallest absolute Gasteiger partial charge is 0.306 e. The first-order valence-electron chi connectivity index (χ1n) is 7.98. The van der Waals surface area contributed by atoms with Crippen LogP contribution in [0.4, 0.5) is 17.3 Å². The van der Waals surface area contributed by atoms with E-state index in [0.29, 0.717) is 53.3 Å². The average molecular weight is 381 g/mol. The highest BCUT2D eigenvalue weighted by atomic mass is 35.5. The van der Waals surface area contributed by atoms with Crippen LogP contribution in [0.25, 0.3) is 0 Å². The van der Waals surface area contributed by atoms with Crippen molar-refractivity contribution in [1.82, 2.24) is 9.97 Å². The van der Waals surface area contributed by atoms with Crippen LogP contribution in [0.5, 0.6) is 0 Å². The van der Waals surface area contributed by atoms with Crippen LogP contribution in [0.3, 0.4) is 0 Å². The molecule has 25 heavy (non-hydrogen) atoms. The van der Waals surface area contributed by atoms with E-state index in [1.807, 2.05) is 13.0 Å². The second kappa shape index (κ2) is 7.45. The first kappa shape index (κ1) is 17.8. The molecule has 1 fully saturated rings. The van der Waals surface area contributed by atoms with Gasteiger partial charge in [0.2, 0.25) is 0 Å². The Balaban J connectivity index is 1.78. The third kappa shape index (κ3) is 4.32. The van der Waals surface area contributed by atoms with Crippen molar-refractivity contribution in [2.45, 2.75) is 19.8 Å². The maximum atomic E-state index is 11.1. The summed E-state index contributed by atoms with van der Waals surface area (Å²) in [7, 11) is 0. The third-order valence-corrected chi connectivity index (χ3v) is 4.73. The van der Waals surface area contributed by atoms with Crippen LogP contribution in [0.2, 0.25) is 10.0 Å². The molecule has 8 heteroatoms. The van der Waals surface area contributed by atoms with Gasteiger partial charge >= 0.3 is 5.97 Å². The number of carboxylic acid groups (broad SMARTS) is 1. The zero-order valence-electron chi connectivity index (χ0n) is 13.7. The predicted octanol–water partition coefficient (Wildman–Crippen LogP) is 4.14. The number of rotatable bonds is 4. The van der Waals surface area contributed by atoms with Gasteiger partial charge < -0.3 is 15.3 Å². The van der Waals surface area contributed by atoms with E-state index in [1.165, 1.54) is 0 Å². The second-order valence-corrected chi connectivity index (χ2v) is 6.85. The Bertz CT molecular complexity index is 792. The number of hydrogen-bond acceptors (Lipinski definition) is 5. The monoisotopic (exact) mass is 380 g/mol. The molecular formula is C17H18Cl2N4O2. The number of nitrogens with one attached hydrogen (secondary N) is 1. The number of nitrogens with zero attached hydrogens (tertiary/aromatic N) is 3. The van der Waals surface area contributed by atoms with Crippen molar-refractivity contribution in [2.75, 3.05) is 23.3 Å². The lowest BCUT2D eigenvalue weighted by Gasteiger charge is -2.31. The molecular weight excluding hydrogens is 363 g/mol. The summed E-state index contributed by atoms with van der Waals surface area (Å²) in [5.41, 5.74) is 0.708. The minimum Gasteiger partial charge on any atom is -0.481 e. The molecule has 2 heterocycles. The van der Waals surface area contributed by atoms with Gasteiger partial charge in [-0.25, -0.2) is 9.97 Å². The molecule has 1 aromatic carbocycles. The molecule has 0 spiro atoms. The Kier molecular flexibility index (Phi) is 5.30. The normalized spacial score (nSPS) is 15.2. The highest BCUT2D eigenvalue weighted by Gasteiger charge is 2.25. The van der Waals surface area contributed by atoms with E-state index < -0.39 is 5.97 Å². The lowest BCUT2D eigenvalue weighted by atomic mass is 9.97. The topological polar surface area (TPSA) is 78.4 Å². The van der Waals surface area contributed by atoms with Crippen molar-refractivity contribution < 1.29 is 9.90 Å². The number of aliphatic carboxylic acids is 1. The number of hydrogen-bond donors (Lipinski definition) is 2. The first-order valence-corrected chi connectivity index (χ1v) is 8.73. The van der Waals surface area contributed by atoms with Crippen LogP contribution in [0.15, 0.2) is 24.3 Å². The lowest BCUT2D eigenvalue weighted by molar-refractivity contribution is -0.142. The van der Waals surface area contributed by atoms with Crippen molar-refractivity contribution in [1.29, 1.82) is 0 Å². The summed E-state index contributed by atoms with van der Waals surface area (Å²) in [6, 6.07) is 7.05. The van der Waals surface area contributed by atoms with E-state index in [2.05, 4.69) is 20.2 Å². The Labute approximate surface area is 155 Å². The van der Waals surface area contributed by atoms with Gasteiger partial charge in [-0.2, -0.15) is 0 Å². The fourth-order valence-corrected chi connectivity index (χ4v) is 3.32. The van der Waals surface area contributed by atoms with E-state index in [-0.39, 0.29) is 5.92 Å². The van der Waals surface area contributed by atoms with Crippen LogP contribution in [0.1, 0.15) is 18.7 Å². The van der Waals surface area contributed by atoms with Gasteiger partial charge in [0, 0.05) is 24.2 Å². The minimum atomic E-state index is -0.724. The van der Waals surface area contributed by atoms with Crippen LogP contribution in [0, 0.1) is 12.8 Å². The molecule has 0 atom stereocenters. The number of carboxylic acids is 1. The maximum Gasteiger partial charge on any atom is 0.306 e. The summed E-state index contributed by atoms with van der Waals surface area (Å²) in [6.45, 7) is 3.14. The van der Waals surface area contributed by atoms with Crippen LogP contribution in [-0.2, 0) is 4.79 Å². The summed E-state index contributed by atoms with van der Waals surface area (Å²) in [5.74, 6) is 1.05. The third-order valence-electron chi connectivity index (χ3n) is 4.19. The van der Waals surface area contributed by atoms with E-state index >= 15 is 0 Å². The second-order valence-electron chi connectivity index (χ2n) is 6.01. The highest BCUT2D eigenvalue weighted by molar-refractivity contribution is 6.36. The maximum absolute atomic E-state index is 11.1. The van der Waals surface area contributed by atoms with Gasteiger partial charge in [-0.1, -0.05) is 23.2 Å². The van der Waals surface area contributed by atoms with Gasteiger partial charge in [0.15, 0.2) is 0 Å². The molecule has 0 amide bonds. The van der Waals surface area contributed by atoms with E-state index in [9.17, 15) is 4.79 Å². The van der Waals surface area contributed by atoms with Crippen LogP contribution >= 0.6 is 23.2 Å². The molecule has 0 aliphatic carbocycles. The van der Waals surface area contributed by atoms with Crippen molar-refractivity contribution >= 4 is 46.5 Å². The molecule has 2 N–H and O–H groups in total. The number of aromatic nitrogens is 2. The molecule has 132 valence electrons. The van der Waals surface area contributed by atoms with E-state index in [1.54, 1.807) is 18.2 Å². The molecule has 1 aliphatic heterocycles. The molecule has 6 nitrogen and oxygen atoms in total. The number of benzene rings is 1. The fraction of sp³-hybridized carbons (Fsp3) is 0.353. The summed E-state index contributed by atoms with van der Waals surface area (Å²) in [4.78, 5) is 22.0. The quantitative estimate of drug-likeness (QED) is 0.829. The number of aryl methyl sites for hydroxylation is 1. The van der Waals surface area contributed by atoms with Gasteiger partial charge in [-0.05, 0) is 38.0 Å². The van der Waals surface area contributed by atoms with Gasteiger partial charge in [-0.3, -0.25) is 4.79 Å². The van der Waals surface area contributed by atoms with Crippen molar-refractivity contribution in [3.8, 4) is 0 Å². The summed E-state index contributed by atoms with van der Waals surface area (Å²) in [5, 5.41) is 13.4. The average Bonchev–Trinajstić information content (AvgIpc) is 2.57. The molecule has 2 aromatic rings. The van der Waals surface area contributed by atoms with Crippen molar-refractivity contribution in [2.24, 2.45) is 5.92 Å². The zero-order valence-corrected chi connectivity index (χ0v) is 15.2. The minimum absolute atomic E-state index is 0.273. The Morgan fingerprint density at radius 1 is 1.24 bits per heavy atom. The Morgan fingerprint density at radius 3 is 2.60 bits per heavy atom. The highest BCUT2D eigenvalue weighted by Crippen LogP contribution is 2.29. The SMILES string of the molecule is Cc1nc(Nc2ccc(Cl)cc2Cl)cc(N2CCC(C(=O)O)CC2)n1. The summed E-state index contributed by atoms with van der Waals surface area (Å²) >= 11 is 12.1. The molecule has 1 aliphatic rings. The van der Waals surface area contributed by atoms with Crippen molar-refractivity contribution in [3.63, 3.8) is 0 Å². The number of halogens is 2. The Morgan fingerprint density at radius 2 is 1.96 bits per heavy atom. The largest absolute Gasteiger partial charge is 0.481 e. The zero-order chi connectivity index (χ0) is 18.0.